The summed E-state index contributed by atoms with van der Waals surface area (Å²) in [7, 11) is 0. The molecule has 1 saturated carbocycles. The molecular weight excluding hydrogens is 174 g/mol. The lowest BCUT2D eigenvalue weighted by atomic mass is 10.0. The Hall–Kier alpha value is -0.730. The summed E-state index contributed by atoms with van der Waals surface area (Å²) in [6, 6.07) is 0.748. The molecule has 3 N–H and O–H groups in total. The Kier molecular flexibility index (Phi) is 4.23. The minimum atomic E-state index is 0.370. The maximum absolute atomic E-state index is 5.78. The van der Waals surface area contributed by atoms with Gasteiger partial charge in [-0.1, -0.05) is 12.8 Å². The Morgan fingerprint density at radius 2 is 1.86 bits per heavy atom. The monoisotopic (exact) mass is 197 g/mol. The standard InChI is InChI=1S/C11H23N3/c1-8(2)13-11(12)14-9(3)10-6-4-5-7-10/h8-10H,4-7H2,1-3H3,(H3,12,13,14)/t9-/m0/s1. The van der Waals surface area contributed by atoms with Crippen molar-refractivity contribution in [1.82, 2.24) is 5.32 Å². The second kappa shape index (κ2) is 5.23. The molecule has 0 heterocycles. The van der Waals surface area contributed by atoms with Crippen LogP contribution in [0.4, 0.5) is 0 Å². The topological polar surface area (TPSA) is 50.4 Å². The lowest BCUT2D eigenvalue weighted by Gasteiger charge is -2.16. The first-order valence-corrected chi connectivity index (χ1v) is 5.69. The molecule has 0 bridgehead atoms. The van der Waals surface area contributed by atoms with Crippen LogP contribution >= 0.6 is 0 Å². The molecule has 0 aliphatic heterocycles. The second-order valence-corrected chi connectivity index (χ2v) is 4.60. The molecule has 1 atom stereocenters. The zero-order chi connectivity index (χ0) is 10.6. The van der Waals surface area contributed by atoms with Crippen molar-refractivity contribution >= 4 is 5.96 Å². The van der Waals surface area contributed by atoms with Crippen molar-refractivity contribution in [1.29, 1.82) is 0 Å². The van der Waals surface area contributed by atoms with Crippen LogP contribution in [0.3, 0.4) is 0 Å². The van der Waals surface area contributed by atoms with E-state index in [0.29, 0.717) is 18.0 Å². The Balaban J connectivity index is 2.39. The van der Waals surface area contributed by atoms with E-state index in [0.717, 1.165) is 5.92 Å². The molecule has 0 aromatic carbocycles. The summed E-state index contributed by atoms with van der Waals surface area (Å²) in [5.74, 6) is 1.35. The quantitative estimate of drug-likeness (QED) is 0.536. The normalized spacial score (nSPS) is 21.6. The smallest absolute Gasteiger partial charge is 0.189 e. The van der Waals surface area contributed by atoms with Gasteiger partial charge in [-0.15, -0.1) is 0 Å². The fraction of sp³-hybridized carbons (Fsp3) is 0.909. The summed E-state index contributed by atoms with van der Waals surface area (Å²) >= 11 is 0. The van der Waals surface area contributed by atoms with Crippen molar-refractivity contribution < 1.29 is 0 Å². The summed E-state index contributed by atoms with van der Waals surface area (Å²) in [6.07, 6.45) is 5.36. The molecule has 0 spiro atoms. The average molecular weight is 197 g/mol. The molecule has 3 heteroatoms. The van der Waals surface area contributed by atoms with E-state index in [1.807, 2.05) is 0 Å². The van der Waals surface area contributed by atoms with Gasteiger partial charge in [0.25, 0.3) is 0 Å². The third-order valence-corrected chi connectivity index (χ3v) is 2.86. The molecule has 0 unspecified atom stereocenters. The Morgan fingerprint density at radius 1 is 1.29 bits per heavy atom. The number of hydrogen-bond acceptors (Lipinski definition) is 1. The highest BCUT2D eigenvalue weighted by molar-refractivity contribution is 5.78. The number of guanidine groups is 1. The highest BCUT2D eigenvalue weighted by Crippen LogP contribution is 2.28. The van der Waals surface area contributed by atoms with Gasteiger partial charge in [0.1, 0.15) is 0 Å². The van der Waals surface area contributed by atoms with Crippen molar-refractivity contribution in [2.75, 3.05) is 0 Å². The van der Waals surface area contributed by atoms with E-state index in [2.05, 4.69) is 31.1 Å². The third kappa shape index (κ3) is 3.56. The van der Waals surface area contributed by atoms with Gasteiger partial charge in [-0.05, 0) is 39.5 Å². The highest BCUT2D eigenvalue weighted by atomic mass is 15.1. The summed E-state index contributed by atoms with van der Waals surface area (Å²) in [5, 5.41) is 3.12. The first kappa shape index (κ1) is 11.3. The summed E-state index contributed by atoms with van der Waals surface area (Å²) in [4.78, 5) is 4.48. The first-order chi connectivity index (χ1) is 6.59. The van der Waals surface area contributed by atoms with Crippen LogP contribution in [0.1, 0.15) is 46.5 Å². The van der Waals surface area contributed by atoms with Gasteiger partial charge < -0.3 is 11.1 Å². The zero-order valence-corrected chi connectivity index (χ0v) is 9.59. The van der Waals surface area contributed by atoms with E-state index in [1.165, 1.54) is 25.7 Å². The molecule has 0 radical (unpaired) electrons. The van der Waals surface area contributed by atoms with E-state index in [9.17, 15) is 0 Å². The largest absolute Gasteiger partial charge is 0.370 e. The minimum absolute atomic E-state index is 0.370. The van der Waals surface area contributed by atoms with Crippen LogP contribution in [0.25, 0.3) is 0 Å². The number of hydrogen-bond donors (Lipinski definition) is 2. The number of nitrogens with zero attached hydrogens (tertiary/aromatic N) is 1. The average Bonchev–Trinajstić information content (AvgIpc) is 2.53. The van der Waals surface area contributed by atoms with Gasteiger partial charge >= 0.3 is 0 Å². The SMILES string of the molecule is CC(C)NC(N)=N[C@@H](C)C1CCCC1. The number of rotatable bonds is 3. The van der Waals surface area contributed by atoms with E-state index in [-0.39, 0.29) is 0 Å². The lowest BCUT2D eigenvalue weighted by molar-refractivity contribution is 0.458. The molecule has 3 nitrogen and oxygen atoms in total. The molecule has 14 heavy (non-hydrogen) atoms. The zero-order valence-electron chi connectivity index (χ0n) is 9.59. The molecule has 0 aromatic heterocycles. The van der Waals surface area contributed by atoms with Crippen LogP contribution < -0.4 is 11.1 Å². The van der Waals surface area contributed by atoms with Crippen molar-refractivity contribution in [3.8, 4) is 0 Å². The number of nitrogens with one attached hydrogen (secondary N) is 1. The molecule has 1 fully saturated rings. The molecule has 0 saturated heterocycles. The van der Waals surface area contributed by atoms with Gasteiger partial charge in [0.15, 0.2) is 5.96 Å². The Labute approximate surface area is 87.2 Å². The van der Waals surface area contributed by atoms with Crippen molar-refractivity contribution in [2.24, 2.45) is 16.6 Å². The predicted octanol–water partition coefficient (Wildman–Crippen LogP) is 1.88. The van der Waals surface area contributed by atoms with Crippen LogP contribution in [0.15, 0.2) is 4.99 Å². The lowest BCUT2D eigenvalue weighted by Crippen LogP contribution is -2.38. The Bertz CT molecular complexity index is 193. The van der Waals surface area contributed by atoms with Crippen LogP contribution in [-0.2, 0) is 0 Å². The maximum Gasteiger partial charge on any atom is 0.189 e. The molecule has 0 aromatic rings. The minimum Gasteiger partial charge on any atom is -0.370 e. The third-order valence-electron chi connectivity index (χ3n) is 2.86. The van der Waals surface area contributed by atoms with Crippen LogP contribution in [0, 0.1) is 5.92 Å². The molecule has 1 aliphatic rings. The van der Waals surface area contributed by atoms with Gasteiger partial charge in [0.05, 0.1) is 6.04 Å². The van der Waals surface area contributed by atoms with E-state index < -0.39 is 0 Å². The molecule has 0 amide bonds. The summed E-state index contributed by atoms with van der Waals surface area (Å²) < 4.78 is 0. The van der Waals surface area contributed by atoms with Crippen molar-refractivity contribution in [3.05, 3.63) is 0 Å². The van der Waals surface area contributed by atoms with E-state index in [4.69, 9.17) is 5.73 Å². The fourth-order valence-electron chi connectivity index (χ4n) is 2.10. The highest BCUT2D eigenvalue weighted by Gasteiger charge is 2.21. The number of aliphatic imine (C=N–C) groups is 1. The molecule has 1 rings (SSSR count). The van der Waals surface area contributed by atoms with Gasteiger partial charge in [-0.2, -0.15) is 0 Å². The van der Waals surface area contributed by atoms with E-state index >= 15 is 0 Å². The molecule has 82 valence electrons. The van der Waals surface area contributed by atoms with Gasteiger partial charge in [-0.25, -0.2) is 0 Å². The predicted molar refractivity (Wildman–Crippen MR) is 61.3 cm³/mol. The number of nitrogens with two attached hydrogens (primary N) is 1. The van der Waals surface area contributed by atoms with Crippen LogP contribution in [-0.4, -0.2) is 18.0 Å². The molecule has 1 aliphatic carbocycles. The van der Waals surface area contributed by atoms with Gasteiger partial charge in [0.2, 0.25) is 0 Å². The summed E-state index contributed by atoms with van der Waals surface area (Å²) in [6.45, 7) is 6.32. The van der Waals surface area contributed by atoms with Crippen molar-refractivity contribution in [2.45, 2.75) is 58.5 Å². The van der Waals surface area contributed by atoms with Gasteiger partial charge in [-0.3, -0.25) is 4.99 Å². The fourth-order valence-corrected chi connectivity index (χ4v) is 2.10. The maximum atomic E-state index is 5.78. The van der Waals surface area contributed by atoms with Crippen molar-refractivity contribution in [3.63, 3.8) is 0 Å². The second-order valence-electron chi connectivity index (χ2n) is 4.60. The van der Waals surface area contributed by atoms with Crippen LogP contribution in [0.2, 0.25) is 0 Å². The Morgan fingerprint density at radius 3 is 2.36 bits per heavy atom. The molecular formula is C11H23N3. The first-order valence-electron chi connectivity index (χ1n) is 5.69. The van der Waals surface area contributed by atoms with E-state index in [1.54, 1.807) is 0 Å². The summed E-state index contributed by atoms with van der Waals surface area (Å²) in [5.41, 5.74) is 5.78. The van der Waals surface area contributed by atoms with Crippen LogP contribution in [0.5, 0.6) is 0 Å². The van der Waals surface area contributed by atoms with Gasteiger partial charge in [0, 0.05) is 6.04 Å².